The normalized spacial score (nSPS) is 15.7. The Kier molecular flexibility index (Phi) is 5.99. The second-order valence-corrected chi connectivity index (χ2v) is 7.51. The van der Waals surface area contributed by atoms with Crippen molar-refractivity contribution < 1.29 is 9.53 Å². The predicted octanol–water partition coefficient (Wildman–Crippen LogP) is 2.86. The lowest BCUT2D eigenvalue weighted by Crippen LogP contribution is -2.49. The Morgan fingerprint density at radius 3 is 2.62 bits per heavy atom. The molecule has 1 aromatic heterocycles. The molecular formula is C17H20BrN3O2S. The molecule has 1 aromatic carbocycles. The van der Waals surface area contributed by atoms with Gasteiger partial charge in [0.1, 0.15) is 11.6 Å². The van der Waals surface area contributed by atoms with Crippen molar-refractivity contribution in [2.45, 2.75) is 6.54 Å². The van der Waals surface area contributed by atoms with Crippen LogP contribution in [0.15, 0.2) is 34.1 Å². The summed E-state index contributed by atoms with van der Waals surface area (Å²) in [4.78, 5) is 20.8. The topological polar surface area (TPSA) is 45.7 Å². The second-order valence-electron chi connectivity index (χ2n) is 5.74. The maximum Gasteiger partial charge on any atom is 0.248 e. The van der Waals surface area contributed by atoms with Crippen molar-refractivity contribution in [2.75, 3.05) is 39.9 Å². The smallest absolute Gasteiger partial charge is 0.248 e. The van der Waals surface area contributed by atoms with Crippen molar-refractivity contribution in [3.8, 4) is 10.6 Å². The lowest BCUT2D eigenvalue weighted by molar-refractivity contribution is -0.136. The van der Waals surface area contributed by atoms with E-state index in [4.69, 9.17) is 9.72 Å². The van der Waals surface area contributed by atoms with Gasteiger partial charge in [-0.3, -0.25) is 9.69 Å². The molecule has 1 fully saturated rings. The number of benzene rings is 1. The van der Waals surface area contributed by atoms with Gasteiger partial charge in [0.15, 0.2) is 0 Å². The number of carbonyl (C=O) groups is 1. The predicted molar refractivity (Wildman–Crippen MR) is 99.0 cm³/mol. The van der Waals surface area contributed by atoms with Crippen molar-refractivity contribution in [3.63, 3.8) is 0 Å². The fraction of sp³-hybridized carbons (Fsp3) is 0.412. The van der Waals surface area contributed by atoms with Gasteiger partial charge in [0.25, 0.3) is 0 Å². The summed E-state index contributed by atoms with van der Waals surface area (Å²) >= 11 is 5.13. The molecule has 128 valence electrons. The molecule has 0 spiro atoms. The molecule has 1 amide bonds. The fourth-order valence-electron chi connectivity index (χ4n) is 2.70. The number of methoxy groups -OCH3 is 1. The van der Waals surface area contributed by atoms with Crippen LogP contribution in [0.2, 0.25) is 0 Å². The van der Waals surface area contributed by atoms with E-state index < -0.39 is 0 Å². The first-order valence-electron chi connectivity index (χ1n) is 7.85. The van der Waals surface area contributed by atoms with Crippen LogP contribution in [0.1, 0.15) is 5.69 Å². The molecule has 0 N–H and O–H groups in total. The Hall–Kier alpha value is -1.28. The Morgan fingerprint density at radius 2 is 1.96 bits per heavy atom. The number of rotatable bonds is 5. The lowest BCUT2D eigenvalue weighted by Gasteiger charge is -2.34. The minimum absolute atomic E-state index is 0.0725. The van der Waals surface area contributed by atoms with Gasteiger partial charge in [-0.1, -0.05) is 28.1 Å². The van der Waals surface area contributed by atoms with Crippen LogP contribution in [0.5, 0.6) is 0 Å². The molecule has 0 bridgehead atoms. The zero-order valence-corrected chi connectivity index (χ0v) is 16.0. The highest BCUT2D eigenvalue weighted by Crippen LogP contribution is 2.25. The molecule has 0 atom stereocenters. The van der Waals surface area contributed by atoms with Gasteiger partial charge in [-0.05, 0) is 12.1 Å². The van der Waals surface area contributed by atoms with Crippen molar-refractivity contribution in [1.29, 1.82) is 0 Å². The van der Waals surface area contributed by atoms with Gasteiger partial charge in [-0.15, -0.1) is 11.3 Å². The van der Waals surface area contributed by atoms with Gasteiger partial charge >= 0.3 is 0 Å². The zero-order chi connectivity index (χ0) is 16.9. The molecule has 0 radical (unpaired) electrons. The first kappa shape index (κ1) is 17.5. The highest BCUT2D eigenvalue weighted by molar-refractivity contribution is 9.10. The van der Waals surface area contributed by atoms with E-state index in [-0.39, 0.29) is 12.5 Å². The Labute approximate surface area is 154 Å². The van der Waals surface area contributed by atoms with Crippen LogP contribution < -0.4 is 0 Å². The summed E-state index contributed by atoms with van der Waals surface area (Å²) < 4.78 is 5.99. The van der Waals surface area contributed by atoms with Crippen LogP contribution >= 0.6 is 27.3 Å². The first-order valence-corrected chi connectivity index (χ1v) is 9.52. The monoisotopic (exact) mass is 409 g/mol. The molecule has 1 aliphatic heterocycles. The molecule has 0 saturated carbocycles. The maximum atomic E-state index is 11.8. The molecular weight excluding hydrogens is 390 g/mol. The summed E-state index contributed by atoms with van der Waals surface area (Å²) in [6.07, 6.45) is 0. The molecule has 1 saturated heterocycles. The zero-order valence-electron chi connectivity index (χ0n) is 13.6. The number of halogens is 1. The van der Waals surface area contributed by atoms with Crippen LogP contribution in [-0.4, -0.2) is 60.6 Å². The van der Waals surface area contributed by atoms with Crippen molar-refractivity contribution in [1.82, 2.24) is 14.8 Å². The highest BCUT2D eigenvalue weighted by Gasteiger charge is 2.21. The molecule has 5 nitrogen and oxygen atoms in total. The Bertz CT molecular complexity index is 681. The molecule has 24 heavy (non-hydrogen) atoms. The Morgan fingerprint density at radius 1 is 1.25 bits per heavy atom. The first-order chi connectivity index (χ1) is 11.7. The van der Waals surface area contributed by atoms with E-state index in [2.05, 4.69) is 38.3 Å². The van der Waals surface area contributed by atoms with E-state index in [0.29, 0.717) is 0 Å². The number of amides is 1. The van der Waals surface area contributed by atoms with Crippen LogP contribution in [0.3, 0.4) is 0 Å². The SMILES string of the molecule is COCC(=O)N1CCN(Cc2csc(-c3ccc(Br)cc3)n2)CC1. The number of hydrogen-bond acceptors (Lipinski definition) is 5. The largest absolute Gasteiger partial charge is 0.375 e. The van der Waals surface area contributed by atoms with Crippen molar-refractivity contribution in [2.24, 2.45) is 0 Å². The standard InChI is InChI=1S/C17H20BrN3O2S/c1-23-11-16(22)21-8-6-20(7-9-21)10-15-12-24-17(19-15)13-2-4-14(18)5-3-13/h2-5,12H,6-11H2,1H3. The van der Waals surface area contributed by atoms with Crippen LogP contribution in [-0.2, 0) is 16.1 Å². The number of nitrogens with zero attached hydrogens (tertiary/aromatic N) is 3. The number of carbonyl (C=O) groups excluding carboxylic acids is 1. The average molecular weight is 410 g/mol. The van der Waals surface area contributed by atoms with Crippen LogP contribution in [0.4, 0.5) is 0 Å². The molecule has 3 rings (SSSR count). The maximum absolute atomic E-state index is 11.8. The van der Waals surface area contributed by atoms with Crippen LogP contribution in [0, 0.1) is 0 Å². The summed E-state index contributed by atoms with van der Waals surface area (Å²) in [7, 11) is 1.55. The minimum Gasteiger partial charge on any atom is -0.375 e. The number of piperazine rings is 1. The number of aromatic nitrogens is 1. The quantitative estimate of drug-likeness (QED) is 0.761. The summed E-state index contributed by atoms with van der Waals surface area (Å²) in [6.45, 7) is 4.26. The highest BCUT2D eigenvalue weighted by atomic mass is 79.9. The summed E-state index contributed by atoms with van der Waals surface area (Å²) in [5.74, 6) is 0.0725. The van der Waals surface area contributed by atoms with Crippen LogP contribution in [0.25, 0.3) is 10.6 Å². The van der Waals surface area contributed by atoms with E-state index in [0.717, 1.165) is 53.5 Å². The van der Waals surface area contributed by atoms with Gasteiger partial charge < -0.3 is 9.64 Å². The third-order valence-corrected chi connectivity index (χ3v) is 5.49. The third kappa shape index (κ3) is 4.42. The number of hydrogen-bond donors (Lipinski definition) is 0. The average Bonchev–Trinajstić information content (AvgIpc) is 3.05. The molecule has 7 heteroatoms. The van der Waals surface area contributed by atoms with E-state index in [9.17, 15) is 4.79 Å². The van der Waals surface area contributed by atoms with Gasteiger partial charge in [0.05, 0.1) is 5.69 Å². The Balaban J connectivity index is 1.54. The minimum atomic E-state index is 0.0725. The van der Waals surface area contributed by atoms with E-state index >= 15 is 0 Å². The summed E-state index contributed by atoms with van der Waals surface area (Å²) in [5.41, 5.74) is 2.24. The third-order valence-electron chi connectivity index (χ3n) is 4.02. The number of thiazole rings is 1. The number of ether oxygens (including phenoxy) is 1. The van der Waals surface area contributed by atoms with E-state index in [1.165, 1.54) is 0 Å². The van der Waals surface area contributed by atoms with Gasteiger partial charge in [-0.25, -0.2) is 4.98 Å². The van der Waals surface area contributed by atoms with Crippen molar-refractivity contribution in [3.05, 3.63) is 39.8 Å². The van der Waals surface area contributed by atoms with Gasteiger partial charge in [-0.2, -0.15) is 0 Å². The molecule has 1 aliphatic rings. The van der Waals surface area contributed by atoms with E-state index in [1.54, 1.807) is 18.4 Å². The van der Waals surface area contributed by atoms with Crippen molar-refractivity contribution >= 4 is 33.2 Å². The molecule has 2 aromatic rings. The fourth-order valence-corrected chi connectivity index (χ4v) is 3.79. The van der Waals surface area contributed by atoms with Gasteiger partial charge in [0, 0.05) is 55.2 Å². The molecule has 2 heterocycles. The lowest BCUT2D eigenvalue weighted by atomic mass is 10.2. The van der Waals surface area contributed by atoms with Gasteiger partial charge in [0.2, 0.25) is 5.91 Å². The molecule has 0 aliphatic carbocycles. The summed E-state index contributed by atoms with van der Waals surface area (Å²) in [6, 6.07) is 8.22. The molecule has 0 unspecified atom stereocenters. The second kappa shape index (κ2) is 8.20. The summed E-state index contributed by atoms with van der Waals surface area (Å²) in [5, 5.41) is 3.17. The van der Waals surface area contributed by atoms with E-state index in [1.807, 2.05) is 17.0 Å².